The summed E-state index contributed by atoms with van der Waals surface area (Å²) in [6, 6.07) is 3.29. The maximum Gasteiger partial charge on any atom is 0.264 e. The summed E-state index contributed by atoms with van der Waals surface area (Å²) in [4.78, 5) is 35.7. The van der Waals surface area contributed by atoms with Crippen LogP contribution in [0.2, 0.25) is 0 Å². The average molecular weight is 344 g/mol. The number of hydrogen-bond donors (Lipinski definition) is 1. The third-order valence-electron chi connectivity index (χ3n) is 4.10. The molecule has 3 rings (SSSR count). The minimum atomic E-state index is -0.379. The van der Waals surface area contributed by atoms with Crippen LogP contribution in [0.5, 0.6) is 0 Å². The topological polar surface area (TPSA) is 75.2 Å². The molecule has 1 saturated heterocycles. The molecule has 1 atom stereocenters. The SMILES string of the molecule is O=C(NCCc1cnccn1)C1CCCCN1C(=O)c1cccs1. The van der Waals surface area contributed by atoms with E-state index in [0.29, 0.717) is 30.8 Å². The van der Waals surface area contributed by atoms with Crippen LogP contribution in [0.1, 0.15) is 34.6 Å². The first-order chi connectivity index (χ1) is 11.8. The summed E-state index contributed by atoms with van der Waals surface area (Å²) in [5, 5.41) is 4.82. The van der Waals surface area contributed by atoms with E-state index < -0.39 is 0 Å². The van der Waals surface area contributed by atoms with Crippen molar-refractivity contribution >= 4 is 23.2 Å². The molecule has 7 heteroatoms. The molecule has 2 aromatic rings. The Morgan fingerprint density at radius 3 is 3.00 bits per heavy atom. The van der Waals surface area contributed by atoms with Gasteiger partial charge in [-0.2, -0.15) is 0 Å². The largest absolute Gasteiger partial charge is 0.354 e. The summed E-state index contributed by atoms with van der Waals surface area (Å²) in [5.41, 5.74) is 0.841. The van der Waals surface area contributed by atoms with Crippen LogP contribution in [0.4, 0.5) is 0 Å². The Balaban J connectivity index is 1.58. The van der Waals surface area contributed by atoms with Crippen molar-refractivity contribution in [3.8, 4) is 0 Å². The second-order valence-electron chi connectivity index (χ2n) is 5.73. The van der Waals surface area contributed by atoms with E-state index in [1.807, 2.05) is 17.5 Å². The summed E-state index contributed by atoms with van der Waals surface area (Å²) < 4.78 is 0. The van der Waals surface area contributed by atoms with E-state index in [4.69, 9.17) is 0 Å². The number of amides is 2. The molecular weight excluding hydrogens is 324 g/mol. The quantitative estimate of drug-likeness (QED) is 0.899. The van der Waals surface area contributed by atoms with E-state index >= 15 is 0 Å². The van der Waals surface area contributed by atoms with Crippen LogP contribution in [0.25, 0.3) is 0 Å². The number of nitrogens with one attached hydrogen (secondary N) is 1. The Kier molecular flexibility index (Phi) is 5.53. The van der Waals surface area contributed by atoms with Gasteiger partial charge in [-0.25, -0.2) is 0 Å². The lowest BCUT2D eigenvalue weighted by Gasteiger charge is -2.34. The van der Waals surface area contributed by atoms with Gasteiger partial charge in [0.25, 0.3) is 5.91 Å². The van der Waals surface area contributed by atoms with E-state index in [-0.39, 0.29) is 17.9 Å². The molecule has 0 aliphatic carbocycles. The van der Waals surface area contributed by atoms with Crippen molar-refractivity contribution in [2.45, 2.75) is 31.7 Å². The summed E-state index contributed by atoms with van der Waals surface area (Å²) >= 11 is 1.42. The Bertz CT molecular complexity index is 675. The first-order valence-corrected chi connectivity index (χ1v) is 9.01. The van der Waals surface area contributed by atoms with E-state index in [9.17, 15) is 9.59 Å². The van der Waals surface area contributed by atoms with Gasteiger partial charge in [0, 0.05) is 38.1 Å². The fourth-order valence-electron chi connectivity index (χ4n) is 2.88. The van der Waals surface area contributed by atoms with Gasteiger partial charge in [0.15, 0.2) is 0 Å². The lowest BCUT2D eigenvalue weighted by Crippen LogP contribution is -2.52. The van der Waals surface area contributed by atoms with Gasteiger partial charge in [0.05, 0.1) is 10.6 Å². The Morgan fingerprint density at radius 1 is 1.33 bits per heavy atom. The molecular formula is C17H20N4O2S. The van der Waals surface area contributed by atoms with Gasteiger partial charge in [-0.3, -0.25) is 19.6 Å². The summed E-state index contributed by atoms with van der Waals surface area (Å²) in [6.45, 7) is 1.13. The van der Waals surface area contributed by atoms with E-state index in [0.717, 1.165) is 18.5 Å². The number of carbonyl (C=O) groups is 2. The summed E-state index contributed by atoms with van der Waals surface area (Å²) in [7, 11) is 0. The highest BCUT2D eigenvalue weighted by Crippen LogP contribution is 2.21. The highest BCUT2D eigenvalue weighted by atomic mass is 32.1. The monoisotopic (exact) mass is 344 g/mol. The highest BCUT2D eigenvalue weighted by Gasteiger charge is 2.32. The first kappa shape index (κ1) is 16.6. The fourth-order valence-corrected chi connectivity index (χ4v) is 3.56. The van der Waals surface area contributed by atoms with Crippen LogP contribution in [0.3, 0.4) is 0 Å². The molecule has 0 spiro atoms. The third-order valence-corrected chi connectivity index (χ3v) is 4.95. The normalized spacial score (nSPS) is 17.5. The third kappa shape index (κ3) is 3.97. The Morgan fingerprint density at radius 2 is 2.25 bits per heavy atom. The second-order valence-corrected chi connectivity index (χ2v) is 6.67. The molecule has 1 aliphatic rings. The van der Waals surface area contributed by atoms with E-state index in [2.05, 4.69) is 15.3 Å². The maximum absolute atomic E-state index is 12.6. The minimum Gasteiger partial charge on any atom is -0.354 e. The van der Waals surface area contributed by atoms with Gasteiger partial charge in [-0.15, -0.1) is 11.3 Å². The predicted molar refractivity (Wildman–Crippen MR) is 91.7 cm³/mol. The number of carbonyl (C=O) groups excluding carboxylic acids is 2. The lowest BCUT2D eigenvalue weighted by molar-refractivity contribution is -0.126. The minimum absolute atomic E-state index is 0.0428. The molecule has 1 aliphatic heterocycles. The molecule has 1 fully saturated rings. The van der Waals surface area contributed by atoms with Gasteiger partial charge in [-0.05, 0) is 30.7 Å². The molecule has 1 unspecified atom stereocenters. The van der Waals surface area contributed by atoms with Crippen molar-refractivity contribution in [1.82, 2.24) is 20.2 Å². The molecule has 0 bridgehead atoms. The second kappa shape index (κ2) is 8.01. The van der Waals surface area contributed by atoms with Crippen molar-refractivity contribution in [2.24, 2.45) is 0 Å². The van der Waals surface area contributed by atoms with Gasteiger partial charge >= 0.3 is 0 Å². The smallest absolute Gasteiger partial charge is 0.264 e. The predicted octanol–water partition coefficient (Wildman–Crippen LogP) is 1.89. The van der Waals surface area contributed by atoms with Gasteiger partial charge in [0.2, 0.25) is 5.91 Å². The zero-order valence-corrected chi connectivity index (χ0v) is 14.2. The van der Waals surface area contributed by atoms with Crippen LogP contribution in [0, 0.1) is 0 Å². The van der Waals surface area contributed by atoms with Crippen molar-refractivity contribution in [3.05, 3.63) is 46.7 Å². The molecule has 0 aromatic carbocycles. The summed E-state index contributed by atoms with van der Waals surface area (Å²) in [5.74, 6) is -0.123. The van der Waals surface area contributed by atoms with Crippen molar-refractivity contribution in [1.29, 1.82) is 0 Å². The van der Waals surface area contributed by atoms with Crippen LogP contribution in [0.15, 0.2) is 36.1 Å². The molecule has 0 radical (unpaired) electrons. The Labute approximate surface area is 144 Å². The van der Waals surface area contributed by atoms with Gasteiger partial charge in [0.1, 0.15) is 6.04 Å². The maximum atomic E-state index is 12.6. The molecule has 6 nitrogen and oxygen atoms in total. The lowest BCUT2D eigenvalue weighted by atomic mass is 10.0. The number of nitrogens with zero attached hydrogens (tertiary/aromatic N) is 3. The zero-order valence-electron chi connectivity index (χ0n) is 13.4. The molecule has 2 aromatic heterocycles. The van der Waals surface area contributed by atoms with E-state index in [1.54, 1.807) is 23.5 Å². The number of aromatic nitrogens is 2. The average Bonchev–Trinajstić information content (AvgIpc) is 3.16. The van der Waals surface area contributed by atoms with Crippen LogP contribution in [-0.2, 0) is 11.2 Å². The highest BCUT2D eigenvalue weighted by molar-refractivity contribution is 7.12. The van der Waals surface area contributed by atoms with Crippen molar-refractivity contribution < 1.29 is 9.59 Å². The van der Waals surface area contributed by atoms with Crippen LogP contribution < -0.4 is 5.32 Å². The fraction of sp³-hybridized carbons (Fsp3) is 0.412. The van der Waals surface area contributed by atoms with E-state index in [1.165, 1.54) is 11.3 Å². The van der Waals surface area contributed by atoms with Crippen LogP contribution in [-0.4, -0.2) is 45.8 Å². The van der Waals surface area contributed by atoms with Crippen molar-refractivity contribution in [3.63, 3.8) is 0 Å². The Hall–Kier alpha value is -2.28. The number of piperidine rings is 1. The zero-order chi connectivity index (χ0) is 16.8. The molecule has 2 amide bonds. The molecule has 0 saturated carbocycles. The molecule has 1 N–H and O–H groups in total. The first-order valence-electron chi connectivity index (χ1n) is 8.13. The number of hydrogen-bond acceptors (Lipinski definition) is 5. The molecule has 3 heterocycles. The number of thiophene rings is 1. The number of rotatable bonds is 5. The molecule has 126 valence electrons. The number of likely N-dealkylation sites (tertiary alicyclic amines) is 1. The van der Waals surface area contributed by atoms with Gasteiger partial charge < -0.3 is 10.2 Å². The standard InChI is InChI=1S/C17H20N4O2S/c22-16(20-7-6-13-12-18-8-9-19-13)14-4-1-2-10-21(14)17(23)15-5-3-11-24-15/h3,5,8-9,11-12,14H,1-2,4,6-7,10H2,(H,20,22). The molecule has 24 heavy (non-hydrogen) atoms. The van der Waals surface area contributed by atoms with Crippen LogP contribution >= 0.6 is 11.3 Å². The van der Waals surface area contributed by atoms with Gasteiger partial charge in [-0.1, -0.05) is 6.07 Å². The van der Waals surface area contributed by atoms with Crippen molar-refractivity contribution in [2.75, 3.05) is 13.1 Å². The summed E-state index contributed by atoms with van der Waals surface area (Å²) in [6.07, 6.45) is 8.22.